The molecular formula is C13H18O. The summed E-state index contributed by atoms with van der Waals surface area (Å²) in [7, 11) is 1.56. The van der Waals surface area contributed by atoms with E-state index in [2.05, 4.69) is 31.1 Å². The van der Waals surface area contributed by atoms with Crippen molar-refractivity contribution in [3.63, 3.8) is 0 Å². The normalized spacial score (nSPS) is 6.64. The van der Waals surface area contributed by atoms with Crippen molar-refractivity contribution in [1.29, 1.82) is 0 Å². The zero-order valence-corrected chi connectivity index (χ0v) is 8.78. The lowest BCUT2D eigenvalue weighted by molar-refractivity contribution is 0.339. The maximum Gasteiger partial charge on any atom is 0.0766 e. The maximum atomic E-state index is 4.31. The molecule has 76 valence electrons. The van der Waals surface area contributed by atoms with Crippen molar-refractivity contribution in [2.45, 2.75) is 0 Å². The lowest BCUT2D eigenvalue weighted by Gasteiger charge is -1.85. The molecular weight excluding hydrogens is 172 g/mol. The number of hydrogen-bond acceptors (Lipinski definition) is 1. The molecule has 0 atom stereocenters. The summed E-state index contributed by atoms with van der Waals surface area (Å²) in [5.74, 6) is 0. The first-order valence-corrected chi connectivity index (χ1v) is 4.16. The molecule has 0 radical (unpaired) electrons. The van der Waals surface area contributed by atoms with E-state index in [9.17, 15) is 0 Å². The number of hydrogen-bond donors (Lipinski definition) is 0. The van der Waals surface area contributed by atoms with Gasteiger partial charge in [0.1, 0.15) is 0 Å². The van der Waals surface area contributed by atoms with Crippen molar-refractivity contribution >= 4 is 6.08 Å². The minimum absolute atomic E-state index is 1.17. The highest BCUT2D eigenvalue weighted by molar-refractivity contribution is 5.45. The molecule has 0 aromatic heterocycles. The molecule has 1 aromatic rings. The van der Waals surface area contributed by atoms with Crippen LogP contribution in [0.5, 0.6) is 0 Å². The molecule has 0 unspecified atom stereocenters. The van der Waals surface area contributed by atoms with Crippen LogP contribution in [0.15, 0.2) is 62.9 Å². The topological polar surface area (TPSA) is 9.23 Å². The zero-order chi connectivity index (χ0) is 11.2. The Bertz CT molecular complexity index is 226. The molecule has 0 spiro atoms. The van der Waals surface area contributed by atoms with Crippen LogP contribution in [0.25, 0.3) is 6.08 Å². The van der Waals surface area contributed by atoms with Crippen molar-refractivity contribution in [3.8, 4) is 0 Å². The van der Waals surface area contributed by atoms with E-state index in [1.54, 1.807) is 7.11 Å². The van der Waals surface area contributed by atoms with Crippen LogP contribution in [-0.2, 0) is 4.74 Å². The Morgan fingerprint density at radius 2 is 1.50 bits per heavy atom. The van der Waals surface area contributed by atoms with Gasteiger partial charge in [-0.15, -0.1) is 13.2 Å². The Morgan fingerprint density at radius 1 is 1.07 bits per heavy atom. The average Bonchev–Trinajstić information content (AvgIpc) is 2.33. The Kier molecular flexibility index (Phi) is 14.5. The summed E-state index contributed by atoms with van der Waals surface area (Å²) in [4.78, 5) is 0. The highest BCUT2D eigenvalue weighted by atomic mass is 16.5. The highest BCUT2D eigenvalue weighted by Crippen LogP contribution is 1.97. The summed E-state index contributed by atoms with van der Waals surface area (Å²) >= 11 is 0. The smallest absolute Gasteiger partial charge is 0.0766 e. The van der Waals surface area contributed by atoms with Crippen LogP contribution in [0.1, 0.15) is 5.56 Å². The van der Waals surface area contributed by atoms with Gasteiger partial charge < -0.3 is 4.74 Å². The van der Waals surface area contributed by atoms with E-state index in [1.807, 2.05) is 36.4 Å². The van der Waals surface area contributed by atoms with Crippen molar-refractivity contribution in [2.24, 2.45) is 0 Å². The average molecular weight is 190 g/mol. The minimum Gasteiger partial charge on any atom is -0.505 e. The lowest BCUT2D eigenvalue weighted by Crippen LogP contribution is -1.63. The van der Waals surface area contributed by atoms with Crippen LogP contribution in [0, 0.1) is 0 Å². The number of methoxy groups -OCH3 is 1. The molecule has 0 fully saturated rings. The van der Waals surface area contributed by atoms with Gasteiger partial charge in [0.2, 0.25) is 0 Å². The predicted octanol–water partition coefficient (Wildman–Crippen LogP) is 3.91. The van der Waals surface area contributed by atoms with Gasteiger partial charge in [-0.05, 0) is 5.56 Å². The van der Waals surface area contributed by atoms with Gasteiger partial charge in [-0.2, -0.15) is 0 Å². The van der Waals surface area contributed by atoms with Gasteiger partial charge in [0.15, 0.2) is 0 Å². The molecule has 1 rings (SSSR count). The zero-order valence-electron chi connectivity index (χ0n) is 8.78. The molecule has 0 amide bonds. The summed E-state index contributed by atoms with van der Waals surface area (Å²) in [5, 5.41) is 0. The molecule has 0 aliphatic heterocycles. The van der Waals surface area contributed by atoms with Gasteiger partial charge in [0.05, 0.1) is 13.4 Å². The van der Waals surface area contributed by atoms with E-state index in [0.29, 0.717) is 0 Å². The summed E-state index contributed by atoms with van der Waals surface area (Å²) in [6.07, 6.45) is 3.21. The second-order valence-electron chi connectivity index (χ2n) is 2.02. The van der Waals surface area contributed by atoms with Gasteiger partial charge >= 0.3 is 0 Å². The van der Waals surface area contributed by atoms with Gasteiger partial charge in [-0.25, -0.2) is 0 Å². The fourth-order valence-corrected chi connectivity index (χ4v) is 0.589. The largest absolute Gasteiger partial charge is 0.505 e. The van der Waals surface area contributed by atoms with E-state index < -0.39 is 0 Å². The highest BCUT2D eigenvalue weighted by Gasteiger charge is 1.75. The minimum atomic E-state index is 1.17. The van der Waals surface area contributed by atoms with E-state index in [1.165, 1.54) is 11.8 Å². The number of ether oxygens (including phenoxy) is 1. The summed E-state index contributed by atoms with van der Waals surface area (Å²) < 4.78 is 4.31. The quantitative estimate of drug-likeness (QED) is 0.507. The van der Waals surface area contributed by atoms with Gasteiger partial charge in [-0.1, -0.05) is 49.6 Å². The van der Waals surface area contributed by atoms with Crippen molar-refractivity contribution < 1.29 is 4.74 Å². The Balaban J connectivity index is 0. The molecule has 14 heavy (non-hydrogen) atoms. The predicted molar refractivity (Wildman–Crippen MR) is 65.0 cm³/mol. The van der Waals surface area contributed by atoms with E-state index in [-0.39, 0.29) is 0 Å². The molecule has 0 aliphatic rings. The van der Waals surface area contributed by atoms with Crippen LogP contribution in [0.3, 0.4) is 0 Å². The Morgan fingerprint density at radius 3 is 1.71 bits per heavy atom. The molecule has 0 saturated heterocycles. The summed E-state index contributed by atoms with van der Waals surface area (Å²) in [5.41, 5.74) is 1.17. The third-order valence-corrected chi connectivity index (χ3v) is 1.20. The van der Waals surface area contributed by atoms with Crippen LogP contribution >= 0.6 is 0 Å². The maximum absolute atomic E-state index is 4.31. The SMILES string of the molecule is C=C.C=COC.C=Cc1ccccc1. The van der Waals surface area contributed by atoms with Crippen molar-refractivity contribution in [1.82, 2.24) is 0 Å². The van der Waals surface area contributed by atoms with E-state index in [0.717, 1.165) is 0 Å². The Hall–Kier alpha value is -1.76. The van der Waals surface area contributed by atoms with Crippen molar-refractivity contribution in [3.05, 3.63) is 68.5 Å². The standard InChI is InChI=1S/C8H8.C3H6O.C2H4/c1-2-8-6-4-3-5-7-8;1-3-4-2;1-2/h2-7H,1H2;3H,1H2,2H3;1-2H2. The summed E-state index contributed by atoms with van der Waals surface area (Å²) in [6.45, 7) is 12.9. The first kappa shape index (κ1) is 14.7. The first-order valence-electron chi connectivity index (χ1n) is 4.16. The summed E-state index contributed by atoms with van der Waals surface area (Å²) in [6, 6.07) is 10.0. The molecule has 0 N–H and O–H groups in total. The van der Waals surface area contributed by atoms with E-state index in [4.69, 9.17) is 0 Å². The fraction of sp³-hybridized carbons (Fsp3) is 0.0769. The van der Waals surface area contributed by atoms with Gasteiger partial charge in [0, 0.05) is 0 Å². The van der Waals surface area contributed by atoms with Crippen LogP contribution in [0.2, 0.25) is 0 Å². The molecule has 1 nitrogen and oxygen atoms in total. The third-order valence-electron chi connectivity index (χ3n) is 1.20. The lowest BCUT2D eigenvalue weighted by atomic mass is 10.2. The number of rotatable bonds is 2. The molecule has 0 aliphatic carbocycles. The molecule has 1 aromatic carbocycles. The Labute approximate surface area is 87.0 Å². The number of benzene rings is 1. The van der Waals surface area contributed by atoms with Gasteiger partial charge in [-0.3, -0.25) is 0 Å². The molecule has 0 heterocycles. The molecule has 0 saturated carbocycles. The molecule has 0 bridgehead atoms. The monoisotopic (exact) mass is 190 g/mol. The third kappa shape index (κ3) is 10.2. The first-order chi connectivity index (χ1) is 6.85. The van der Waals surface area contributed by atoms with Crippen LogP contribution in [0.4, 0.5) is 0 Å². The van der Waals surface area contributed by atoms with E-state index >= 15 is 0 Å². The van der Waals surface area contributed by atoms with Crippen molar-refractivity contribution in [2.75, 3.05) is 7.11 Å². The second-order valence-corrected chi connectivity index (χ2v) is 2.02. The van der Waals surface area contributed by atoms with Crippen LogP contribution in [-0.4, -0.2) is 7.11 Å². The fourth-order valence-electron chi connectivity index (χ4n) is 0.589. The van der Waals surface area contributed by atoms with Crippen LogP contribution < -0.4 is 0 Å². The second kappa shape index (κ2) is 13.8. The molecule has 1 heteroatoms. The van der Waals surface area contributed by atoms with Gasteiger partial charge in [0.25, 0.3) is 0 Å².